The van der Waals surface area contributed by atoms with Crippen molar-refractivity contribution >= 4 is 27.2 Å². The number of hydrogen-bond acceptors (Lipinski definition) is 8. The highest BCUT2D eigenvalue weighted by atomic mass is 32.1. The number of nitrogens with zero attached hydrogens (tertiary/aromatic N) is 5. The molecule has 2 aliphatic rings. The molecule has 8 nitrogen and oxygen atoms in total. The van der Waals surface area contributed by atoms with E-state index >= 15 is 0 Å². The molecule has 1 saturated carbocycles. The van der Waals surface area contributed by atoms with Gasteiger partial charge in [0.1, 0.15) is 17.2 Å². The molecule has 1 aromatic carbocycles. The van der Waals surface area contributed by atoms with Crippen LogP contribution in [0.15, 0.2) is 18.2 Å². The summed E-state index contributed by atoms with van der Waals surface area (Å²) in [7, 11) is 3.36. The highest BCUT2D eigenvalue weighted by Crippen LogP contribution is 2.38. The first-order valence-corrected chi connectivity index (χ1v) is 13.4. The molecule has 0 atom stereocenters. The number of piperazine rings is 1. The molecule has 1 aliphatic heterocycles. The zero-order chi connectivity index (χ0) is 23.5. The lowest BCUT2D eigenvalue weighted by Crippen LogP contribution is -2.46. The van der Waals surface area contributed by atoms with Gasteiger partial charge in [-0.25, -0.2) is 4.98 Å². The fourth-order valence-corrected chi connectivity index (χ4v) is 6.01. The van der Waals surface area contributed by atoms with E-state index in [9.17, 15) is 0 Å². The molecule has 5 rings (SSSR count). The van der Waals surface area contributed by atoms with Crippen LogP contribution in [0.5, 0.6) is 11.5 Å². The molecule has 0 radical (unpaired) electrons. The molecule has 0 bridgehead atoms. The fourth-order valence-electron chi connectivity index (χ4n) is 5.06. The Kier molecular flexibility index (Phi) is 7.10. The standard InChI is InChI=1S/C25H36N6O2S/c1-4-10-29-11-13-30(14-12-29)25-28-31-23(26-19-8-6-5-7-9-19)22(27-24(31)34-25)18-15-20(32-2)17-21(16-18)33-3/h15-17,19,26H,4-14H2,1-3H3. The van der Waals surface area contributed by atoms with Crippen molar-refractivity contribution in [3.8, 4) is 22.8 Å². The number of nitrogens with one attached hydrogen (secondary N) is 1. The lowest BCUT2D eigenvalue weighted by molar-refractivity contribution is 0.258. The van der Waals surface area contributed by atoms with E-state index in [-0.39, 0.29) is 0 Å². The molecule has 34 heavy (non-hydrogen) atoms. The highest BCUT2D eigenvalue weighted by molar-refractivity contribution is 7.20. The largest absolute Gasteiger partial charge is 0.497 e. The minimum atomic E-state index is 0.447. The summed E-state index contributed by atoms with van der Waals surface area (Å²) in [5.41, 5.74) is 1.88. The summed E-state index contributed by atoms with van der Waals surface area (Å²) in [6.45, 7) is 7.65. The van der Waals surface area contributed by atoms with Gasteiger partial charge in [-0.3, -0.25) is 4.90 Å². The number of rotatable bonds is 8. The van der Waals surface area contributed by atoms with Gasteiger partial charge in [0.15, 0.2) is 5.82 Å². The van der Waals surface area contributed by atoms with Crippen LogP contribution >= 0.6 is 11.3 Å². The van der Waals surface area contributed by atoms with E-state index in [4.69, 9.17) is 19.6 Å². The molecule has 2 aromatic heterocycles. The number of ether oxygens (including phenoxy) is 2. The van der Waals surface area contributed by atoms with E-state index in [2.05, 4.69) is 22.0 Å². The maximum absolute atomic E-state index is 5.53. The SMILES string of the molecule is CCCN1CCN(c2nn3c(NC4CCCCC4)c(-c4cc(OC)cc(OC)c4)nc3s2)CC1. The summed E-state index contributed by atoms with van der Waals surface area (Å²) in [6, 6.07) is 6.39. The smallest absolute Gasteiger partial charge is 0.216 e. The maximum Gasteiger partial charge on any atom is 0.216 e. The van der Waals surface area contributed by atoms with Crippen LogP contribution in [0.3, 0.4) is 0 Å². The van der Waals surface area contributed by atoms with Gasteiger partial charge in [-0.15, -0.1) is 5.10 Å². The average Bonchev–Trinajstić information content (AvgIpc) is 3.44. The van der Waals surface area contributed by atoms with Crippen LogP contribution in [-0.4, -0.2) is 72.5 Å². The lowest BCUT2D eigenvalue weighted by atomic mass is 9.95. The first-order chi connectivity index (χ1) is 16.7. The quantitative estimate of drug-likeness (QED) is 0.495. The van der Waals surface area contributed by atoms with E-state index in [1.54, 1.807) is 25.6 Å². The maximum atomic E-state index is 5.53. The molecule has 2 fully saturated rings. The van der Waals surface area contributed by atoms with Crippen LogP contribution in [0.1, 0.15) is 45.4 Å². The number of fused-ring (bicyclic) bond motifs is 1. The highest BCUT2D eigenvalue weighted by Gasteiger charge is 2.25. The van der Waals surface area contributed by atoms with Crippen molar-refractivity contribution in [2.24, 2.45) is 0 Å². The minimum Gasteiger partial charge on any atom is -0.497 e. The van der Waals surface area contributed by atoms with Crippen molar-refractivity contribution in [1.82, 2.24) is 19.5 Å². The molecule has 3 aromatic rings. The molecule has 1 N–H and O–H groups in total. The van der Waals surface area contributed by atoms with Crippen molar-refractivity contribution in [3.63, 3.8) is 0 Å². The van der Waals surface area contributed by atoms with Crippen LogP contribution in [0.2, 0.25) is 0 Å². The summed E-state index contributed by atoms with van der Waals surface area (Å²) in [5.74, 6) is 2.49. The molecule has 9 heteroatoms. The summed E-state index contributed by atoms with van der Waals surface area (Å²) in [6.07, 6.45) is 7.44. The van der Waals surface area contributed by atoms with Gasteiger partial charge in [0, 0.05) is 43.9 Å². The van der Waals surface area contributed by atoms with Gasteiger partial charge in [-0.05, 0) is 37.9 Å². The molecule has 184 valence electrons. The van der Waals surface area contributed by atoms with Crippen molar-refractivity contribution in [2.75, 3.05) is 57.2 Å². The monoisotopic (exact) mass is 484 g/mol. The molecule has 1 aliphatic carbocycles. The van der Waals surface area contributed by atoms with Gasteiger partial charge in [-0.2, -0.15) is 4.52 Å². The van der Waals surface area contributed by atoms with Crippen LogP contribution in [0, 0.1) is 0 Å². The number of imidazole rings is 1. The fraction of sp³-hybridized carbons (Fsp3) is 0.600. The van der Waals surface area contributed by atoms with Gasteiger partial charge in [-0.1, -0.05) is 37.5 Å². The number of anilines is 2. The molecule has 0 spiro atoms. The zero-order valence-electron chi connectivity index (χ0n) is 20.5. The molecular formula is C25H36N6O2S. The van der Waals surface area contributed by atoms with Gasteiger partial charge in [0.25, 0.3) is 0 Å². The van der Waals surface area contributed by atoms with E-state index in [0.29, 0.717) is 6.04 Å². The third-order valence-electron chi connectivity index (χ3n) is 6.95. The van der Waals surface area contributed by atoms with Crippen molar-refractivity contribution in [2.45, 2.75) is 51.5 Å². The van der Waals surface area contributed by atoms with Crippen LogP contribution in [0.4, 0.5) is 10.9 Å². The average molecular weight is 485 g/mol. The normalized spacial score (nSPS) is 17.9. The Bertz CT molecular complexity index is 1080. The lowest BCUT2D eigenvalue weighted by Gasteiger charge is -2.34. The Morgan fingerprint density at radius 2 is 1.71 bits per heavy atom. The molecule has 1 saturated heterocycles. The van der Waals surface area contributed by atoms with Gasteiger partial charge < -0.3 is 19.7 Å². The van der Waals surface area contributed by atoms with E-state index in [1.165, 1.54) is 45.1 Å². The summed E-state index contributed by atoms with van der Waals surface area (Å²) in [5, 5.41) is 9.94. The van der Waals surface area contributed by atoms with Crippen molar-refractivity contribution < 1.29 is 9.47 Å². The Labute approximate surface area is 205 Å². The Morgan fingerprint density at radius 1 is 1.00 bits per heavy atom. The van der Waals surface area contributed by atoms with E-state index in [0.717, 1.165) is 64.8 Å². The molecular weight excluding hydrogens is 448 g/mol. The number of hydrogen-bond donors (Lipinski definition) is 1. The van der Waals surface area contributed by atoms with Gasteiger partial charge >= 0.3 is 0 Å². The van der Waals surface area contributed by atoms with Crippen LogP contribution in [0.25, 0.3) is 16.2 Å². The Hall–Kier alpha value is -2.52. The van der Waals surface area contributed by atoms with E-state index in [1.807, 2.05) is 22.7 Å². The third-order valence-corrected chi connectivity index (χ3v) is 7.92. The predicted octanol–water partition coefficient (Wildman–Crippen LogP) is 4.75. The molecule has 0 amide bonds. The molecule has 0 unspecified atom stereocenters. The van der Waals surface area contributed by atoms with Crippen molar-refractivity contribution in [3.05, 3.63) is 18.2 Å². The minimum absolute atomic E-state index is 0.447. The predicted molar refractivity (Wildman–Crippen MR) is 139 cm³/mol. The number of aromatic nitrogens is 3. The zero-order valence-corrected chi connectivity index (χ0v) is 21.4. The Morgan fingerprint density at radius 3 is 2.35 bits per heavy atom. The van der Waals surface area contributed by atoms with Crippen LogP contribution < -0.4 is 19.7 Å². The van der Waals surface area contributed by atoms with Gasteiger partial charge in [0.2, 0.25) is 10.1 Å². The second-order valence-corrected chi connectivity index (χ2v) is 10.2. The first kappa shape index (κ1) is 23.2. The van der Waals surface area contributed by atoms with Crippen LogP contribution in [-0.2, 0) is 0 Å². The summed E-state index contributed by atoms with van der Waals surface area (Å²) in [4.78, 5) is 10.9. The van der Waals surface area contributed by atoms with Crippen molar-refractivity contribution in [1.29, 1.82) is 0 Å². The Balaban J connectivity index is 1.50. The second kappa shape index (κ2) is 10.4. The van der Waals surface area contributed by atoms with Gasteiger partial charge in [0.05, 0.1) is 14.2 Å². The third kappa shape index (κ3) is 4.81. The summed E-state index contributed by atoms with van der Waals surface area (Å²) < 4.78 is 13.1. The van der Waals surface area contributed by atoms with E-state index < -0.39 is 0 Å². The first-order valence-electron chi connectivity index (χ1n) is 12.6. The topological polar surface area (TPSA) is 67.2 Å². The molecule has 3 heterocycles. The second-order valence-electron chi connectivity index (χ2n) is 9.30. The summed E-state index contributed by atoms with van der Waals surface area (Å²) >= 11 is 1.68. The number of benzene rings is 1. The number of methoxy groups -OCH3 is 2.